The highest BCUT2D eigenvalue weighted by molar-refractivity contribution is 6.61. The largest absolute Gasteiger partial charge is 0.493 e. The van der Waals surface area contributed by atoms with Crippen molar-refractivity contribution in [2.45, 2.75) is 40.2 Å². The van der Waals surface area contributed by atoms with Gasteiger partial charge in [0.1, 0.15) is 5.60 Å². The van der Waals surface area contributed by atoms with Crippen LogP contribution in [0.3, 0.4) is 0 Å². The molecule has 28 heavy (non-hydrogen) atoms. The average molecular weight is 379 g/mol. The Bertz CT molecular complexity index is 1040. The highest BCUT2D eigenvalue weighted by atomic mass is 16.6. The highest BCUT2D eigenvalue weighted by Gasteiger charge is 2.34. The van der Waals surface area contributed by atoms with Crippen LogP contribution in [-0.2, 0) is 14.0 Å². The Morgan fingerprint density at radius 3 is 2.36 bits per heavy atom. The van der Waals surface area contributed by atoms with Gasteiger partial charge >= 0.3 is 13.2 Å². The second-order valence-corrected chi connectivity index (χ2v) is 9.23. The number of aromatic nitrogens is 1. The second-order valence-electron chi connectivity index (χ2n) is 9.23. The van der Waals surface area contributed by atoms with Crippen molar-refractivity contribution >= 4 is 40.5 Å². The van der Waals surface area contributed by atoms with E-state index in [-0.39, 0.29) is 18.6 Å². The minimum Gasteiger partial charge on any atom is -0.443 e. The molecule has 0 atom stereocenters. The van der Waals surface area contributed by atoms with Crippen molar-refractivity contribution in [1.29, 1.82) is 0 Å². The first-order chi connectivity index (χ1) is 13.1. The summed E-state index contributed by atoms with van der Waals surface area (Å²) in [5, 5.41) is 1.98. The van der Waals surface area contributed by atoms with Crippen molar-refractivity contribution in [1.82, 2.24) is 4.57 Å². The Hall–Kier alpha value is -2.31. The SMILES string of the molecule is CC1(C)COB(c2ccc3c(c2)c2ccccc2n3C(=O)OC(C)(C)C)OC1. The number of benzene rings is 2. The van der Waals surface area contributed by atoms with Gasteiger partial charge in [-0.3, -0.25) is 0 Å². The minimum absolute atomic E-state index is 0.0212. The number of carbonyl (C=O) groups excluding carboxylic acids is 1. The molecule has 4 rings (SSSR count). The third-order valence-electron chi connectivity index (χ3n) is 4.80. The topological polar surface area (TPSA) is 49.7 Å². The summed E-state index contributed by atoms with van der Waals surface area (Å²) in [5.41, 5.74) is 2.06. The van der Waals surface area contributed by atoms with Crippen molar-refractivity contribution in [3.63, 3.8) is 0 Å². The molecule has 0 radical (unpaired) electrons. The van der Waals surface area contributed by atoms with Crippen LogP contribution in [0.4, 0.5) is 4.79 Å². The van der Waals surface area contributed by atoms with Crippen LogP contribution in [0.1, 0.15) is 34.6 Å². The van der Waals surface area contributed by atoms with Gasteiger partial charge in [0.05, 0.1) is 11.0 Å². The molecule has 0 amide bonds. The summed E-state index contributed by atoms with van der Waals surface area (Å²) in [4.78, 5) is 12.9. The molecule has 1 fully saturated rings. The quantitative estimate of drug-likeness (QED) is 0.590. The summed E-state index contributed by atoms with van der Waals surface area (Å²) in [6, 6.07) is 13.8. The lowest BCUT2D eigenvalue weighted by Gasteiger charge is -2.33. The first kappa shape index (κ1) is 19.0. The number of hydrogen-bond donors (Lipinski definition) is 0. The van der Waals surface area contributed by atoms with E-state index in [0.29, 0.717) is 13.2 Å². The molecule has 2 aromatic carbocycles. The average Bonchev–Trinajstić information content (AvgIpc) is 2.94. The zero-order chi connectivity index (χ0) is 20.1. The smallest absolute Gasteiger partial charge is 0.443 e. The molecule has 0 unspecified atom stereocenters. The van der Waals surface area contributed by atoms with Crippen molar-refractivity contribution in [2.24, 2.45) is 5.41 Å². The molecule has 1 saturated heterocycles. The molecule has 0 aliphatic carbocycles. The van der Waals surface area contributed by atoms with E-state index in [1.54, 1.807) is 4.57 Å². The Morgan fingerprint density at radius 1 is 1.04 bits per heavy atom. The van der Waals surface area contributed by atoms with Crippen LogP contribution in [0.5, 0.6) is 0 Å². The number of hydrogen-bond acceptors (Lipinski definition) is 4. The zero-order valence-corrected chi connectivity index (χ0v) is 17.1. The van der Waals surface area contributed by atoms with E-state index < -0.39 is 5.60 Å². The lowest BCUT2D eigenvalue weighted by Crippen LogP contribution is -2.47. The first-order valence-electron chi connectivity index (χ1n) is 9.64. The molecular formula is C22H26BNO4. The number of fused-ring (bicyclic) bond motifs is 3. The molecule has 1 aliphatic heterocycles. The van der Waals surface area contributed by atoms with Gasteiger partial charge in [-0.05, 0) is 38.4 Å². The number of carbonyl (C=O) groups is 1. The Kier molecular flexibility index (Phi) is 4.51. The van der Waals surface area contributed by atoms with Crippen molar-refractivity contribution in [3.05, 3.63) is 42.5 Å². The maximum absolute atomic E-state index is 12.9. The summed E-state index contributed by atoms with van der Waals surface area (Å²) in [6.07, 6.45) is -0.377. The summed E-state index contributed by atoms with van der Waals surface area (Å²) in [7, 11) is -0.388. The lowest BCUT2D eigenvalue weighted by atomic mass is 9.75. The zero-order valence-electron chi connectivity index (χ0n) is 17.1. The summed E-state index contributed by atoms with van der Waals surface area (Å²) in [6.45, 7) is 11.2. The van der Waals surface area contributed by atoms with Gasteiger partial charge in [0.15, 0.2) is 0 Å². The predicted octanol–water partition coefficient (Wildman–Crippen LogP) is 4.35. The van der Waals surface area contributed by atoms with E-state index in [2.05, 4.69) is 19.9 Å². The van der Waals surface area contributed by atoms with Gasteiger partial charge in [0.25, 0.3) is 0 Å². The molecule has 146 valence electrons. The van der Waals surface area contributed by atoms with Crippen molar-refractivity contribution < 1.29 is 18.8 Å². The summed E-state index contributed by atoms with van der Waals surface area (Å²) in [5.74, 6) is 0. The third-order valence-corrected chi connectivity index (χ3v) is 4.80. The third kappa shape index (κ3) is 3.54. The normalized spacial score (nSPS) is 17.2. The maximum atomic E-state index is 12.9. The fraction of sp³-hybridized carbons (Fsp3) is 0.409. The molecule has 2 heterocycles. The molecule has 0 bridgehead atoms. The number of ether oxygens (including phenoxy) is 1. The summed E-state index contributed by atoms with van der Waals surface area (Å²) >= 11 is 0. The van der Waals surface area contributed by atoms with Crippen LogP contribution in [-0.4, -0.2) is 36.6 Å². The molecule has 1 aromatic heterocycles. The Balaban J connectivity index is 1.80. The van der Waals surface area contributed by atoms with Gasteiger partial charge in [-0.2, -0.15) is 0 Å². The molecular weight excluding hydrogens is 353 g/mol. The van der Waals surface area contributed by atoms with Gasteiger partial charge in [-0.15, -0.1) is 0 Å². The van der Waals surface area contributed by atoms with E-state index >= 15 is 0 Å². The molecule has 6 heteroatoms. The number of nitrogens with zero attached hydrogens (tertiary/aromatic N) is 1. The van der Waals surface area contributed by atoms with Crippen LogP contribution in [0.2, 0.25) is 0 Å². The maximum Gasteiger partial charge on any atom is 0.493 e. The van der Waals surface area contributed by atoms with Gasteiger partial charge in [0, 0.05) is 29.4 Å². The van der Waals surface area contributed by atoms with Crippen molar-refractivity contribution in [2.75, 3.05) is 13.2 Å². The number of rotatable bonds is 1. The molecule has 5 nitrogen and oxygen atoms in total. The van der Waals surface area contributed by atoms with Crippen LogP contribution in [0.15, 0.2) is 42.5 Å². The second kappa shape index (κ2) is 6.64. The Morgan fingerprint density at radius 2 is 1.68 bits per heavy atom. The predicted molar refractivity (Wildman–Crippen MR) is 112 cm³/mol. The van der Waals surface area contributed by atoms with E-state index in [0.717, 1.165) is 27.3 Å². The highest BCUT2D eigenvalue weighted by Crippen LogP contribution is 2.30. The molecule has 1 aliphatic rings. The standard InChI is InChI=1S/C22H26BNO4/c1-21(2,3)28-20(25)24-18-9-7-6-8-16(18)17-12-15(10-11-19(17)24)23-26-13-22(4,5)14-27-23/h6-12H,13-14H2,1-5H3. The fourth-order valence-corrected chi connectivity index (χ4v) is 3.53. The van der Waals surface area contributed by atoms with Crippen LogP contribution >= 0.6 is 0 Å². The monoisotopic (exact) mass is 379 g/mol. The van der Waals surface area contributed by atoms with Crippen LogP contribution < -0.4 is 5.46 Å². The van der Waals surface area contributed by atoms with E-state index in [1.807, 2.05) is 57.2 Å². The van der Waals surface area contributed by atoms with Crippen LogP contribution in [0, 0.1) is 5.41 Å². The van der Waals surface area contributed by atoms with E-state index in [4.69, 9.17) is 14.0 Å². The number of para-hydroxylation sites is 1. The first-order valence-corrected chi connectivity index (χ1v) is 9.64. The van der Waals surface area contributed by atoms with E-state index in [1.165, 1.54) is 0 Å². The molecule has 3 aromatic rings. The minimum atomic E-state index is -0.564. The van der Waals surface area contributed by atoms with Gasteiger partial charge in [0.2, 0.25) is 0 Å². The van der Waals surface area contributed by atoms with Crippen molar-refractivity contribution in [3.8, 4) is 0 Å². The fourth-order valence-electron chi connectivity index (χ4n) is 3.53. The van der Waals surface area contributed by atoms with E-state index in [9.17, 15) is 4.79 Å². The molecule has 0 spiro atoms. The molecule has 0 N–H and O–H groups in total. The van der Waals surface area contributed by atoms with Crippen LogP contribution in [0.25, 0.3) is 21.8 Å². The van der Waals surface area contributed by atoms with Gasteiger partial charge in [-0.1, -0.05) is 44.2 Å². The molecule has 0 saturated carbocycles. The van der Waals surface area contributed by atoms with Gasteiger partial charge in [-0.25, -0.2) is 9.36 Å². The summed E-state index contributed by atoms with van der Waals surface area (Å²) < 4.78 is 19.2. The lowest BCUT2D eigenvalue weighted by molar-refractivity contribution is 0.0343. The van der Waals surface area contributed by atoms with Gasteiger partial charge < -0.3 is 14.0 Å². The Labute approximate surface area is 165 Å².